The van der Waals surface area contributed by atoms with Crippen LogP contribution in [0.25, 0.3) is 6.08 Å². The minimum atomic E-state index is -0.506. The van der Waals surface area contributed by atoms with E-state index in [4.69, 9.17) is 0 Å². The Hall–Kier alpha value is -1.67. The molecule has 2 rings (SSSR count). The lowest BCUT2D eigenvalue weighted by molar-refractivity contribution is -0.384. The topological polar surface area (TPSA) is 80.5 Å². The first-order chi connectivity index (χ1) is 9.52. The first-order valence-electron chi connectivity index (χ1n) is 5.58. The Labute approximate surface area is 127 Å². The van der Waals surface area contributed by atoms with Crippen molar-refractivity contribution < 1.29 is 14.5 Å². The van der Waals surface area contributed by atoms with E-state index in [1.54, 1.807) is 6.07 Å². The number of nitro groups is 1. The Morgan fingerprint density at radius 1 is 1.40 bits per heavy atom. The van der Waals surface area contributed by atoms with Crippen molar-refractivity contribution in [3.8, 4) is 0 Å². The third kappa shape index (κ3) is 3.07. The zero-order valence-electron chi connectivity index (χ0n) is 10.1. The zero-order valence-corrected chi connectivity index (χ0v) is 12.5. The normalized spacial score (nSPS) is 17.1. The molecule has 1 aromatic rings. The van der Waals surface area contributed by atoms with E-state index in [1.807, 2.05) is 0 Å². The maximum atomic E-state index is 12.0. The van der Waals surface area contributed by atoms with E-state index in [-0.39, 0.29) is 21.7 Å². The summed E-state index contributed by atoms with van der Waals surface area (Å²) in [6, 6.07) is 5.91. The number of thioether (sulfide) groups is 1. The van der Waals surface area contributed by atoms with Gasteiger partial charge in [-0.25, -0.2) is 0 Å². The van der Waals surface area contributed by atoms with Gasteiger partial charge in [0.2, 0.25) is 0 Å². The molecule has 0 unspecified atom stereocenters. The van der Waals surface area contributed by atoms with E-state index >= 15 is 0 Å². The molecule has 1 fully saturated rings. The molecule has 1 saturated heterocycles. The number of benzene rings is 1. The van der Waals surface area contributed by atoms with Crippen LogP contribution in [0.2, 0.25) is 0 Å². The van der Waals surface area contributed by atoms with E-state index in [0.29, 0.717) is 17.4 Å². The van der Waals surface area contributed by atoms with Crippen molar-refractivity contribution in [3.05, 3.63) is 44.8 Å². The van der Waals surface area contributed by atoms with Gasteiger partial charge < -0.3 is 0 Å². The van der Waals surface area contributed by atoms with Gasteiger partial charge in [0.1, 0.15) is 0 Å². The monoisotopic (exact) mass is 356 g/mol. The minimum absolute atomic E-state index is 0.0570. The third-order valence-electron chi connectivity index (χ3n) is 2.56. The van der Waals surface area contributed by atoms with E-state index < -0.39 is 4.92 Å². The maximum Gasteiger partial charge on any atom is 0.293 e. The highest BCUT2D eigenvalue weighted by Gasteiger charge is 2.34. The number of halogens is 1. The number of imide groups is 1. The van der Waals surface area contributed by atoms with Crippen molar-refractivity contribution >= 4 is 50.6 Å². The second-order valence-electron chi connectivity index (χ2n) is 3.87. The van der Waals surface area contributed by atoms with Gasteiger partial charge in [-0.1, -0.05) is 28.1 Å². The predicted octanol–water partition coefficient (Wildman–Crippen LogP) is 3.03. The van der Waals surface area contributed by atoms with Crippen molar-refractivity contribution in [1.29, 1.82) is 0 Å². The zero-order chi connectivity index (χ0) is 14.7. The highest BCUT2D eigenvalue weighted by Crippen LogP contribution is 2.32. The number of hydrogen-bond acceptors (Lipinski definition) is 5. The standard InChI is InChI=1S/C12H9BrN2O4S/c13-4-5-14-11(16)10(20-12(14)17)7-8-2-1-3-9(6-8)15(18)19/h1-3,6-7H,4-5H2/b10-7+. The van der Waals surface area contributed by atoms with E-state index in [0.717, 1.165) is 16.7 Å². The van der Waals surface area contributed by atoms with Crippen LogP contribution < -0.4 is 0 Å². The summed E-state index contributed by atoms with van der Waals surface area (Å²) in [5, 5.41) is 10.9. The Balaban J connectivity index is 2.28. The molecule has 0 spiro atoms. The van der Waals surface area contributed by atoms with Crippen LogP contribution >= 0.6 is 27.7 Å². The molecule has 8 heteroatoms. The van der Waals surface area contributed by atoms with Gasteiger partial charge in [-0.2, -0.15) is 0 Å². The fourth-order valence-electron chi connectivity index (χ4n) is 1.66. The third-order valence-corrected chi connectivity index (χ3v) is 3.82. The summed E-state index contributed by atoms with van der Waals surface area (Å²) in [4.78, 5) is 35.2. The molecule has 0 atom stereocenters. The smallest absolute Gasteiger partial charge is 0.268 e. The molecule has 1 aliphatic heterocycles. The van der Waals surface area contributed by atoms with Crippen LogP contribution in [0.5, 0.6) is 0 Å². The average Bonchev–Trinajstić information content (AvgIpc) is 2.67. The molecule has 0 aliphatic carbocycles. The molecule has 0 aromatic heterocycles. The minimum Gasteiger partial charge on any atom is -0.268 e. The van der Waals surface area contributed by atoms with Crippen LogP contribution in [0.4, 0.5) is 10.5 Å². The summed E-state index contributed by atoms with van der Waals surface area (Å²) >= 11 is 4.02. The molecular weight excluding hydrogens is 348 g/mol. The molecule has 1 aliphatic rings. The highest BCUT2D eigenvalue weighted by molar-refractivity contribution is 9.09. The van der Waals surface area contributed by atoms with Crippen LogP contribution in [0.1, 0.15) is 5.56 Å². The highest BCUT2D eigenvalue weighted by atomic mass is 79.9. The van der Waals surface area contributed by atoms with Gasteiger partial charge >= 0.3 is 0 Å². The lowest BCUT2D eigenvalue weighted by Gasteiger charge is -2.08. The molecule has 1 heterocycles. The van der Waals surface area contributed by atoms with E-state index in [1.165, 1.54) is 24.3 Å². The van der Waals surface area contributed by atoms with E-state index in [2.05, 4.69) is 15.9 Å². The molecule has 0 bridgehead atoms. The number of rotatable bonds is 4. The summed E-state index contributed by atoms with van der Waals surface area (Å²) < 4.78 is 0. The molecule has 2 amide bonds. The molecule has 0 saturated carbocycles. The average molecular weight is 357 g/mol. The predicted molar refractivity (Wildman–Crippen MR) is 79.6 cm³/mol. The SMILES string of the molecule is O=C1S/C(=C/c2cccc([N+](=O)[O-])c2)C(=O)N1CCBr. The Kier molecular flexibility index (Phi) is 4.56. The fraction of sp³-hybridized carbons (Fsp3) is 0.167. The largest absolute Gasteiger partial charge is 0.293 e. The van der Waals surface area contributed by atoms with Gasteiger partial charge in [0, 0.05) is 24.0 Å². The lowest BCUT2D eigenvalue weighted by atomic mass is 10.2. The van der Waals surface area contributed by atoms with Crippen molar-refractivity contribution in [2.24, 2.45) is 0 Å². The van der Waals surface area contributed by atoms with Gasteiger partial charge in [0.05, 0.1) is 9.83 Å². The number of alkyl halides is 1. The number of carbonyl (C=O) groups is 2. The van der Waals surface area contributed by atoms with Crippen LogP contribution in [0, 0.1) is 10.1 Å². The summed E-state index contributed by atoms with van der Waals surface area (Å²) in [6.07, 6.45) is 1.49. The molecule has 104 valence electrons. The molecule has 1 aromatic carbocycles. The number of hydrogen-bond donors (Lipinski definition) is 0. The fourth-order valence-corrected chi connectivity index (χ4v) is 2.88. The number of nitrogens with zero attached hydrogens (tertiary/aromatic N) is 2. The number of non-ortho nitro benzene ring substituents is 1. The van der Waals surface area contributed by atoms with Crippen LogP contribution in [0.15, 0.2) is 29.2 Å². The Morgan fingerprint density at radius 3 is 2.80 bits per heavy atom. The van der Waals surface area contributed by atoms with Crippen molar-refractivity contribution in [3.63, 3.8) is 0 Å². The Morgan fingerprint density at radius 2 is 2.15 bits per heavy atom. The second-order valence-corrected chi connectivity index (χ2v) is 5.66. The summed E-state index contributed by atoms with van der Waals surface area (Å²) in [5.74, 6) is -0.369. The van der Waals surface area contributed by atoms with Gasteiger partial charge in [0.15, 0.2) is 0 Å². The van der Waals surface area contributed by atoms with Gasteiger partial charge in [0.25, 0.3) is 16.8 Å². The van der Waals surface area contributed by atoms with Crippen molar-refractivity contribution in [1.82, 2.24) is 4.90 Å². The quantitative estimate of drug-likeness (QED) is 0.358. The molecule has 0 N–H and O–H groups in total. The molecule has 6 nitrogen and oxygen atoms in total. The molecule has 0 radical (unpaired) electrons. The lowest BCUT2D eigenvalue weighted by Crippen LogP contribution is -2.29. The first kappa shape index (κ1) is 14.7. The Bertz CT molecular complexity index is 617. The van der Waals surface area contributed by atoms with Crippen LogP contribution in [0.3, 0.4) is 0 Å². The van der Waals surface area contributed by atoms with Crippen LogP contribution in [-0.4, -0.2) is 32.8 Å². The molecular formula is C12H9BrN2O4S. The van der Waals surface area contributed by atoms with E-state index in [9.17, 15) is 19.7 Å². The van der Waals surface area contributed by atoms with Crippen LogP contribution in [-0.2, 0) is 4.79 Å². The van der Waals surface area contributed by atoms with Gasteiger partial charge in [-0.3, -0.25) is 24.6 Å². The maximum absolute atomic E-state index is 12.0. The first-order valence-corrected chi connectivity index (χ1v) is 7.52. The van der Waals surface area contributed by atoms with Crippen molar-refractivity contribution in [2.45, 2.75) is 0 Å². The second kappa shape index (κ2) is 6.19. The number of nitro benzene ring substituents is 1. The van der Waals surface area contributed by atoms with Gasteiger partial charge in [-0.05, 0) is 23.4 Å². The molecule has 20 heavy (non-hydrogen) atoms. The summed E-state index contributed by atoms with van der Waals surface area (Å²) in [7, 11) is 0. The number of carbonyl (C=O) groups excluding carboxylic acids is 2. The van der Waals surface area contributed by atoms with Gasteiger partial charge in [-0.15, -0.1) is 0 Å². The summed E-state index contributed by atoms with van der Waals surface area (Å²) in [6.45, 7) is 0.303. The number of amides is 2. The van der Waals surface area contributed by atoms with Crippen molar-refractivity contribution in [2.75, 3.05) is 11.9 Å². The summed E-state index contributed by atoms with van der Waals surface area (Å²) in [5.41, 5.74) is 0.460.